The Labute approximate surface area is 151 Å². The molecule has 3 aromatic rings. The van der Waals surface area contributed by atoms with Gasteiger partial charge in [-0.2, -0.15) is 0 Å². The van der Waals surface area contributed by atoms with Gasteiger partial charge in [-0.15, -0.1) is 0 Å². The van der Waals surface area contributed by atoms with E-state index in [9.17, 15) is 9.90 Å². The van der Waals surface area contributed by atoms with Gasteiger partial charge < -0.3 is 19.7 Å². The fourth-order valence-electron chi connectivity index (χ4n) is 3.50. The van der Waals surface area contributed by atoms with Crippen molar-refractivity contribution in [1.29, 1.82) is 0 Å². The van der Waals surface area contributed by atoms with Gasteiger partial charge in [-0.3, -0.25) is 4.79 Å². The maximum absolute atomic E-state index is 12.5. The number of rotatable bonds is 3. The Morgan fingerprint density at radius 2 is 2.12 bits per heavy atom. The number of nitrogens with zero attached hydrogens (tertiary/aromatic N) is 2. The number of nitrogens with one attached hydrogen (secondary N) is 1. The van der Waals surface area contributed by atoms with Crippen LogP contribution in [0.3, 0.4) is 0 Å². The zero-order chi connectivity index (χ0) is 18.1. The summed E-state index contributed by atoms with van der Waals surface area (Å²) in [5, 5.41) is 13.0. The maximum Gasteiger partial charge on any atom is 0.259 e. The number of aromatic hydroxyl groups is 1. The molecule has 6 nitrogen and oxygen atoms in total. The fraction of sp³-hybridized carbons (Fsp3) is 0.300. The molecule has 2 N–H and O–H groups in total. The molecule has 0 saturated heterocycles. The van der Waals surface area contributed by atoms with E-state index in [1.54, 1.807) is 18.2 Å². The van der Waals surface area contributed by atoms with Crippen molar-refractivity contribution in [2.24, 2.45) is 0 Å². The molecule has 0 fully saturated rings. The highest BCUT2D eigenvalue weighted by Gasteiger charge is 2.17. The van der Waals surface area contributed by atoms with Gasteiger partial charge in [-0.05, 0) is 43.2 Å². The number of carbonyl (C=O) groups is 1. The number of para-hydroxylation sites is 1. The summed E-state index contributed by atoms with van der Waals surface area (Å²) in [6, 6.07) is 10.6. The highest BCUT2D eigenvalue weighted by molar-refractivity contribution is 6.07. The number of carbonyl (C=O) groups excluding carboxylic acids is 1. The smallest absolute Gasteiger partial charge is 0.259 e. The van der Waals surface area contributed by atoms with Crippen LogP contribution in [0.15, 0.2) is 36.4 Å². The van der Waals surface area contributed by atoms with Crippen molar-refractivity contribution in [3.05, 3.63) is 47.8 Å². The van der Waals surface area contributed by atoms with Crippen LogP contribution in [0.4, 0.5) is 5.69 Å². The summed E-state index contributed by atoms with van der Waals surface area (Å²) >= 11 is 0. The number of phenolic OH excluding ortho intramolecular Hbond substituents is 1. The molecule has 2 aromatic carbocycles. The van der Waals surface area contributed by atoms with Crippen LogP contribution in [-0.4, -0.2) is 27.7 Å². The first-order valence-electron chi connectivity index (χ1n) is 8.84. The Kier molecular flexibility index (Phi) is 4.24. The largest absolute Gasteiger partial charge is 0.504 e. The Morgan fingerprint density at radius 1 is 1.23 bits per heavy atom. The molecule has 6 heteroatoms. The Bertz CT molecular complexity index is 978. The normalized spacial score (nSPS) is 13.9. The second-order valence-electron chi connectivity index (χ2n) is 6.50. The van der Waals surface area contributed by atoms with E-state index in [0.29, 0.717) is 5.69 Å². The van der Waals surface area contributed by atoms with Crippen molar-refractivity contribution < 1.29 is 14.6 Å². The summed E-state index contributed by atoms with van der Waals surface area (Å²) in [5.74, 6) is 0.834. The van der Waals surface area contributed by atoms with Crippen LogP contribution in [0.2, 0.25) is 0 Å². The van der Waals surface area contributed by atoms with Crippen molar-refractivity contribution in [2.45, 2.75) is 32.2 Å². The molecule has 1 aromatic heterocycles. The predicted molar refractivity (Wildman–Crippen MR) is 99.9 cm³/mol. The standard InChI is InChI=1S/C20H21N3O3/c1-26-17-7-5-6-14(19(17)24)20(25)21-13-9-10-16-15(12-13)22-18-8-3-2-4-11-23(16)18/h5-7,9-10,12,24H,2-4,8,11H2,1H3,(H,21,25). The lowest BCUT2D eigenvalue weighted by Gasteiger charge is -2.10. The topological polar surface area (TPSA) is 76.4 Å². The molecule has 0 atom stereocenters. The van der Waals surface area contributed by atoms with Crippen LogP contribution in [0.25, 0.3) is 11.0 Å². The molecule has 1 aliphatic rings. The van der Waals surface area contributed by atoms with Crippen molar-refractivity contribution in [3.63, 3.8) is 0 Å². The number of hydrogen-bond acceptors (Lipinski definition) is 4. The van der Waals surface area contributed by atoms with E-state index in [-0.39, 0.29) is 23.0 Å². The van der Waals surface area contributed by atoms with Crippen molar-refractivity contribution in [2.75, 3.05) is 12.4 Å². The molecule has 4 rings (SSSR count). The van der Waals surface area contributed by atoms with E-state index in [1.165, 1.54) is 26.4 Å². The third-order valence-corrected chi connectivity index (χ3v) is 4.83. The summed E-state index contributed by atoms with van der Waals surface area (Å²) < 4.78 is 7.34. The number of aryl methyl sites for hydroxylation is 2. The predicted octanol–water partition coefficient (Wildman–Crippen LogP) is 3.73. The van der Waals surface area contributed by atoms with Crippen LogP contribution < -0.4 is 10.1 Å². The van der Waals surface area contributed by atoms with E-state index in [4.69, 9.17) is 9.72 Å². The number of amides is 1. The third-order valence-electron chi connectivity index (χ3n) is 4.83. The number of benzene rings is 2. The van der Waals surface area contributed by atoms with Crippen molar-refractivity contribution in [1.82, 2.24) is 9.55 Å². The molecule has 0 unspecified atom stereocenters. The summed E-state index contributed by atoms with van der Waals surface area (Å²) in [6.07, 6.45) is 4.57. The molecule has 1 aliphatic heterocycles. The monoisotopic (exact) mass is 351 g/mol. The zero-order valence-corrected chi connectivity index (χ0v) is 14.7. The lowest BCUT2D eigenvalue weighted by atomic mass is 10.1. The van der Waals surface area contributed by atoms with Crippen LogP contribution in [0.1, 0.15) is 35.4 Å². The summed E-state index contributed by atoms with van der Waals surface area (Å²) in [5.41, 5.74) is 2.81. The zero-order valence-electron chi connectivity index (χ0n) is 14.7. The van der Waals surface area contributed by atoms with Crippen molar-refractivity contribution in [3.8, 4) is 11.5 Å². The molecule has 0 bridgehead atoms. The number of methoxy groups -OCH3 is 1. The minimum atomic E-state index is -0.387. The lowest BCUT2D eigenvalue weighted by Crippen LogP contribution is -2.12. The fourth-order valence-corrected chi connectivity index (χ4v) is 3.50. The molecule has 0 spiro atoms. The minimum Gasteiger partial charge on any atom is -0.504 e. The number of ether oxygens (including phenoxy) is 1. The van der Waals surface area contributed by atoms with E-state index in [2.05, 4.69) is 9.88 Å². The van der Waals surface area contributed by atoms with Crippen LogP contribution in [0, 0.1) is 0 Å². The second kappa shape index (κ2) is 6.71. The molecule has 0 saturated carbocycles. The van der Waals surface area contributed by atoms with Gasteiger partial charge in [-0.25, -0.2) is 4.98 Å². The average molecular weight is 351 g/mol. The minimum absolute atomic E-state index is 0.165. The van der Waals surface area contributed by atoms with Crippen LogP contribution in [-0.2, 0) is 13.0 Å². The molecule has 1 amide bonds. The van der Waals surface area contributed by atoms with Gasteiger partial charge >= 0.3 is 0 Å². The molecule has 0 aliphatic carbocycles. The van der Waals surface area contributed by atoms with Crippen LogP contribution >= 0.6 is 0 Å². The van der Waals surface area contributed by atoms with Gasteiger partial charge in [-0.1, -0.05) is 12.5 Å². The Hall–Kier alpha value is -3.02. The summed E-state index contributed by atoms with van der Waals surface area (Å²) in [4.78, 5) is 17.3. The van der Waals surface area contributed by atoms with Gasteiger partial charge in [0.15, 0.2) is 11.5 Å². The van der Waals surface area contributed by atoms with Gasteiger partial charge in [0.1, 0.15) is 5.82 Å². The van der Waals surface area contributed by atoms with Crippen LogP contribution in [0.5, 0.6) is 11.5 Å². The first kappa shape index (κ1) is 16.4. The van der Waals surface area contributed by atoms with E-state index in [0.717, 1.165) is 29.8 Å². The molecule has 134 valence electrons. The van der Waals surface area contributed by atoms with Crippen molar-refractivity contribution >= 4 is 22.6 Å². The number of hydrogen-bond donors (Lipinski definition) is 2. The number of aromatic nitrogens is 2. The number of anilines is 1. The number of imidazole rings is 1. The molecule has 0 radical (unpaired) electrons. The van der Waals surface area contributed by atoms with E-state index in [1.807, 2.05) is 18.2 Å². The van der Waals surface area contributed by atoms with E-state index < -0.39 is 0 Å². The van der Waals surface area contributed by atoms with Gasteiger partial charge in [0.2, 0.25) is 0 Å². The first-order chi connectivity index (χ1) is 12.7. The number of phenols is 1. The Balaban J connectivity index is 1.62. The number of fused-ring (bicyclic) bond motifs is 3. The summed E-state index contributed by atoms with van der Waals surface area (Å²) in [7, 11) is 1.45. The summed E-state index contributed by atoms with van der Waals surface area (Å²) in [6.45, 7) is 0.995. The average Bonchev–Trinajstić information content (AvgIpc) is 2.82. The second-order valence-corrected chi connectivity index (χ2v) is 6.50. The van der Waals surface area contributed by atoms with E-state index >= 15 is 0 Å². The third kappa shape index (κ3) is 2.87. The maximum atomic E-state index is 12.5. The molecule has 2 heterocycles. The van der Waals surface area contributed by atoms with Gasteiger partial charge in [0, 0.05) is 18.7 Å². The molecular weight excluding hydrogens is 330 g/mol. The quantitative estimate of drug-likeness (QED) is 0.754. The van der Waals surface area contributed by atoms with Gasteiger partial charge in [0.25, 0.3) is 5.91 Å². The Morgan fingerprint density at radius 3 is 2.96 bits per heavy atom. The lowest BCUT2D eigenvalue weighted by molar-refractivity contribution is 0.102. The highest BCUT2D eigenvalue weighted by Crippen LogP contribution is 2.30. The first-order valence-corrected chi connectivity index (χ1v) is 8.84. The SMILES string of the molecule is COc1cccc(C(=O)Nc2ccc3c(c2)nc2n3CCCCC2)c1O. The van der Waals surface area contributed by atoms with Gasteiger partial charge in [0.05, 0.1) is 23.7 Å². The molecular formula is C20H21N3O3. The molecule has 26 heavy (non-hydrogen) atoms. The highest BCUT2D eigenvalue weighted by atomic mass is 16.5.